The Morgan fingerprint density at radius 2 is 1.12 bits per heavy atom. The fourth-order valence-corrected chi connectivity index (χ4v) is 7.03. The Morgan fingerprint density at radius 1 is 0.676 bits per heavy atom. The number of nitrogens with one attached hydrogen (secondary N) is 1. The minimum absolute atomic E-state index is 0.500. The van der Waals surface area contributed by atoms with Gasteiger partial charge in [0.05, 0.1) is 0 Å². The Morgan fingerprint density at radius 3 is 1.59 bits per heavy atom. The van der Waals surface area contributed by atoms with Crippen molar-refractivity contribution in [2.24, 2.45) is 0 Å². The van der Waals surface area contributed by atoms with Crippen molar-refractivity contribution in [1.82, 2.24) is 5.32 Å². The molecule has 0 radical (unpaired) electrons. The lowest BCUT2D eigenvalue weighted by Crippen LogP contribution is -2.44. The van der Waals surface area contributed by atoms with Crippen molar-refractivity contribution in [3.63, 3.8) is 0 Å². The third-order valence-electron chi connectivity index (χ3n) is 6.18. The van der Waals surface area contributed by atoms with E-state index in [-0.39, 0.29) is 0 Å². The van der Waals surface area contributed by atoms with E-state index in [4.69, 9.17) is 9.05 Å². The van der Waals surface area contributed by atoms with Gasteiger partial charge >= 0.3 is 7.60 Å². The van der Waals surface area contributed by atoms with Crippen LogP contribution >= 0.6 is 7.60 Å². The van der Waals surface area contributed by atoms with E-state index in [1.807, 2.05) is 97.1 Å². The van der Waals surface area contributed by atoms with Gasteiger partial charge in [0.1, 0.15) is 11.5 Å². The molecule has 34 heavy (non-hydrogen) atoms. The van der Waals surface area contributed by atoms with Crippen molar-refractivity contribution in [2.45, 2.75) is 25.0 Å². The lowest BCUT2D eigenvalue weighted by Gasteiger charge is -2.38. The van der Waals surface area contributed by atoms with Gasteiger partial charge < -0.3 is 9.05 Å². The number of para-hydroxylation sites is 2. The normalized spacial score (nSPS) is 13.7. The monoisotopic (exact) mass is 469 g/mol. The molecule has 1 N–H and O–H groups in total. The topological polar surface area (TPSA) is 47.6 Å². The van der Waals surface area contributed by atoms with Crippen LogP contribution < -0.4 is 14.4 Å². The summed E-state index contributed by atoms with van der Waals surface area (Å²) in [6.07, 6.45) is 1.94. The zero-order valence-corrected chi connectivity index (χ0v) is 20.1. The standard InChI is InChI=1S/C29H28NO3P/c1-2-3-22-30-29(27-20-12-10-18-25(27)26-19-11-13-21-28(26)29)34(31,32-23-14-6-4-7-15-23)33-24-16-8-5-9-17-24/h4-21,30H,2-3,22H2,1H3. The first-order valence-electron chi connectivity index (χ1n) is 11.7. The molecular formula is C29H28NO3P. The van der Waals surface area contributed by atoms with E-state index in [0.29, 0.717) is 18.0 Å². The molecule has 0 unspecified atom stereocenters. The highest BCUT2D eigenvalue weighted by Crippen LogP contribution is 2.69. The van der Waals surface area contributed by atoms with E-state index >= 15 is 4.57 Å². The predicted octanol–water partition coefficient (Wildman–Crippen LogP) is 7.61. The summed E-state index contributed by atoms with van der Waals surface area (Å²) in [6.45, 7) is 2.81. The molecule has 5 heteroatoms. The van der Waals surface area contributed by atoms with Crippen LogP contribution in [0.1, 0.15) is 30.9 Å². The molecule has 172 valence electrons. The van der Waals surface area contributed by atoms with Crippen molar-refractivity contribution in [3.05, 3.63) is 120 Å². The minimum Gasteiger partial charge on any atom is -0.414 e. The van der Waals surface area contributed by atoms with Crippen molar-refractivity contribution in [2.75, 3.05) is 6.54 Å². The van der Waals surface area contributed by atoms with Crippen molar-refractivity contribution < 1.29 is 13.6 Å². The molecule has 4 aromatic rings. The van der Waals surface area contributed by atoms with Crippen LogP contribution in [-0.2, 0) is 9.85 Å². The molecule has 0 aromatic heterocycles. The number of fused-ring (bicyclic) bond motifs is 3. The second kappa shape index (κ2) is 9.50. The molecule has 0 amide bonds. The Balaban J connectivity index is 1.76. The summed E-state index contributed by atoms with van der Waals surface area (Å²) >= 11 is 0. The first-order chi connectivity index (χ1) is 16.7. The van der Waals surface area contributed by atoms with E-state index in [1.165, 1.54) is 0 Å². The molecule has 0 spiro atoms. The predicted molar refractivity (Wildman–Crippen MR) is 137 cm³/mol. The molecule has 0 aliphatic heterocycles. The summed E-state index contributed by atoms with van der Waals surface area (Å²) in [5.74, 6) is 1.00. The van der Waals surface area contributed by atoms with Gasteiger partial charge in [-0.1, -0.05) is 98.3 Å². The summed E-state index contributed by atoms with van der Waals surface area (Å²) < 4.78 is 28.1. The maximum absolute atomic E-state index is 15.3. The molecular weight excluding hydrogens is 441 g/mol. The smallest absolute Gasteiger partial charge is 0.414 e. The summed E-state index contributed by atoms with van der Waals surface area (Å²) in [4.78, 5) is 0. The highest BCUT2D eigenvalue weighted by molar-refractivity contribution is 7.56. The number of unbranched alkanes of at least 4 members (excludes halogenated alkanes) is 1. The van der Waals surface area contributed by atoms with Gasteiger partial charge in [-0.25, -0.2) is 4.57 Å². The Bertz CT molecular complexity index is 1220. The van der Waals surface area contributed by atoms with E-state index in [9.17, 15) is 0 Å². The summed E-state index contributed by atoms with van der Waals surface area (Å²) in [6, 6.07) is 34.8. The van der Waals surface area contributed by atoms with Gasteiger partial charge in [0, 0.05) is 0 Å². The SMILES string of the molecule is CCCCNC1(P(=O)(Oc2ccccc2)Oc2ccccc2)c2ccccc2-c2ccccc21. The molecule has 5 rings (SSSR count). The van der Waals surface area contributed by atoms with Crippen LogP contribution in [0.15, 0.2) is 109 Å². The molecule has 0 atom stereocenters. The van der Waals surface area contributed by atoms with Gasteiger partial charge in [-0.3, -0.25) is 5.32 Å². The molecule has 4 aromatic carbocycles. The van der Waals surface area contributed by atoms with Gasteiger partial charge in [0.15, 0.2) is 5.28 Å². The zero-order chi connectivity index (χ0) is 23.4. The van der Waals surface area contributed by atoms with Gasteiger partial charge in [-0.05, 0) is 59.5 Å². The van der Waals surface area contributed by atoms with E-state index in [1.54, 1.807) is 0 Å². The molecule has 4 nitrogen and oxygen atoms in total. The van der Waals surface area contributed by atoms with Crippen LogP contribution in [0.5, 0.6) is 11.5 Å². The Kier molecular flexibility index (Phi) is 6.28. The third-order valence-corrected chi connectivity index (χ3v) is 8.55. The first kappa shape index (κ1) is 22.5. The van der Waals surface area contributed by atoms with Gasteiger partial charge in [-0.15, -0.1) is 0 Å². The maximum atomic E-state index is 15.3. The number of hydrogen-bond donors (Lipinski definition) is 1. The largest absolute Gasteiger partial charge is 0.459 e. The van der Waals surface area contributed by atoms with Crippen LogP contribution in [-0.4, -0.2) is 6.54 Å². The Labute approximate surface area is 201 Å². The fourth-order valence-electron chi connectivity index (χ4n) is 4.64. The lowest BCUT2D eigenvalue weighted by molar-refractivity contribution is 0.333. The molecule has 0 bridgehead atoms. The second-order valence-corrected chi connectivity index (χ2v) is 10.4. The average molecular weight is 470 g/mol. The van der Waals surface area contributed by atoms with Gasteiger partial charge in [-0.2, -0.15) is 0 Å². The molecule has 0 heterocycles. The van der Waals surface area contributed by atoms with Crippen molar-refractivity contribution in [3.8, 4) is 22.6 Å². The molecule has 0 saturated heterocycles. The third kappa shape index (κ3) is 3.83. The highest BCUT2D eigenvalue weighted by Gasteiger charge is 2.60. The summed E-state index contributed by atoms with van der Waals surface area (Å²) in [5, 5.41) is 2.51. The van der Waals surface area contributed by atoms with Crippen LogP contribution in [0.4, 0.5) is 0 Å². The maximum Gasteiger partial charge on any atom is 0.459 e. The fraction of sp³-hybridized carbons (Fsp3) is 0.172. The number of hydrogen-bond acceptors (Lipinski definition) is 4. The zero-order valence-electron chi connectivity index (χ0n) is 19.2. The van der Waals surface area contributed by atoms with E-state index < -0.39 is 12.9 Å². The van der Waals surface area contributed by atoms with Crippen molar-refractivity contribution in [1.29, 1.82) is 0 Å². The highest BCUT2D eigenvalue weighted by atomic mass is 31.2. The van der Waals surface area contributed by atoms with Crippen LogP contribution in [0.3, 0.4) is 0 Å². The number of benzene rings is 4. The average Bonchev–Trinajstić information content (AvgIpc) is 3.17. The van der Waals surface area contributed by atoms with Gasteiger partial charge in [0.2, 0.25) is 0 Å². The number of rotatable bonds is 9. The summed E-state index contributed by atoms with van der Waals surface area (Å²) in [7, 11) is -3.96. The lowest BCUT2D eigenvalue weighted by atomic mass is 10.0. The van der Waals surface area contributed by atoms with Crippen LogP contribution in [0.2, 0.25) is 0 Å². The first-order valence-corrected chi connectivity index (χ1v) is 13.3. The molecule has 1 aliphatic rings. The minimum atomic E-state index is -3.96. The van der Waals surface area contributed by atoms with Crippen LogP contribution in [0, 0.1) is 0 Å². The molecule has 0 fully saturated rings. The van der Waals surface area contributed by atoms with Gasteiger partial charge in [0.25, 0.3) is 0 Å². The second-order valence-electron chi connectivity index (χ2n) is 8.39. The van der Waals surface area contributed by atoms with Crippen molar-refractivity contribution >= 4 is 7.60 Å². The quantitative estimate of drug-likeness (QED) is 0.202. The summed E-state index contributed by atoms with van der Waals surface area (Å²) in [5.41, 5.74) is 3.89. The molecule has 0 saturated carbocycles. The van der Waals surface area contributed by atoms with E-state index in [2.05, 4.69) is 24.4 Å². The molecule has 1 aliphatic carbocycles. The Hall–Kier alpha value is -3.33. The van der Waals surface area contributed by atoms with E-state index in [0.717, 1.165) is 35.1 Å². The van der Waals surface area contributed by atoms with Crippen LogP contribution in [0.25, 0.3) is 11.1 Å².